The average Bonchev–Trinajstić information content (AvgIpc) is 2.55. The maximum atomic E-state index is 12.3. The van der Waals surface area contributed by atoms with Crippen LogP contribution < -0.4 is 10.1 Å². The molecule has 1 rings (SSSR count). The summed E-state index contributed by atoms with van der Waals surface area (Å²) < 4.78 is 42.6. The number of carbonyl (C=O) groups is 1. The smallest absolute Gasteiger partial charge is 0.406 e. The van der Waals surface area contributed by atoms with Gasteiger partial charge in [0.15, 0.2) is 5.96 Å². The predicted octanol–water partition coefficient (Wildman–Crippen LogP) is 1.90. The minimum absolute atomic E-state index is 0.276. The van der Waals surface area contributed by atoms with Gasteiger partial charge in [-0.2, -0.15) is 13.2 Å². The summed E-state index contributed by atoms with van der Waals surface area (Å²) in [6.07, 6.45) is -4.42. The molecule has 0 saturated carbocycles. The van der Waals surface area contributed by atoms with Crippen molar-refractivity contribution < 1.29 is 22.7 Å². The standard InChI is InChI=1S/C17H25F3N4O2/c1-13-7-5-6-8-14(13)26-10-9-23(3)16(21-2)22-11-15(25)24(4)12-17(18,19)20/h5-8H,9-12H2,1-4H3,(H,21,22). The Kier molecular flexibility index (Phi) is 8.21. The second kappa shape index (κ2) is 9.88. The SMILES string of the molecule is CN=C(NCC(=O)N(C)CC(F)(F)F)N(C)CCOc1ccccc1C. The molecular formula is C17H25F3N4O2. The van der Waals surface area contributed by atoms with Gasteiger partial charge in [-0.3, -0.25) is 9.79 Å². The minimum atomic E-state index is -4.42. The molecule has 146 valence electrons. The van der Waals surface area contributed by atoms with Crippen LogP contribution in [0.15, 0.2) is 29.3 Å². The second-order valence-corrected chi connectivity index (χ2v) is 5.80. The van der Waals surface area contributed by atoms with Gasteiger partial charge in [0.2, 0.25) is 5.91 Å². The van der Waals surface area contributed by atoms with E-state index >= 15 is 0 Å². The fourth-order valence-corrected chi connectivity index (χ4v) is 2.15. The third kappa shape index (κ3) is 7.62. The van der Waals surface area contributed by atoms with E-state index in [0.29, 0.717) is 24.0 Å². The molecule has 0 aliphatic rings. The van der Waals surface area contributed by atoms with Crippen molar-refractivity contribution >= 4 is 11.9 Å². The van der Waals surface area contributed by atoms with Crippen molar-refractivity contribution in [1.29, 1.82) is 0 Å². The van der Waals surface area contributed by atoms with Crippen LogP contribution in [-0.4, -0.2) is 75.2 Å². The molecule has 9 heteroatoms. The van der Waals surface area contributed by atoms with Crippen molar-refractivity contribution in [3.8, 4) is 5.75 Å². The Balaban J connectivity index is 2.43. The number of hydrogen-bond donors (Lipinski definition) is 1. The lowest BCUT2D eigenvalue weighted by atomic mass is 10.2. The lowest BCUT2D eigenvalue weighted by Crippen LogP contribution is -2.46. The van der Waals surface area contributed by atoms with E-state index in [1.165, 1.54) is 7.05 Å². The molecule has 1 amide bonds. The molecule has 0 saturated heterocycles. The zero-order valence-electron chi connectivity index (χ0n) is 15.4. The van der Waals surface area contributed by atoms with Gasteiger partial charge in [0.05, 0.1) is 13.1 Å². The molecule has 0 bridgehead atoms. The van der Waals surface area contributed by atoms with Crippen molar-refractivity contribution in [2.75, 3.05) is 47.4 Å². The summed E-state index contributed by atoms with van der Waals surface area (Å²) >= 11 is 0. The molecule has 1 N–H and O–H groups in total. The summed E-state index contributed by atoms with van der Waals surface area (Å²) in [6, 6.07) is 7.63. The molecule has 0 radical (unpaired) electrons. The van der Waals surface area contributed by atoms with Crippen molar-refractivity contribution in [3.63, 3.8) is 0 Å². The van der Waals surface area contributed by atoms with Crippen LogP contribution in [0.2, 0.25) is 0 Å². The molecule has 0 atom stereocenters. The maximum absolute atomic E-state index is 12.3. The zero-order valence-corrected chi connectivity index (χ0v) is 15.4. The van der Waals surface area contributed by atoms with Crippen molar-refractivity contribution in [3.05, 3.63) is 29.8 Å². The largest absolute Gasteiger partial charge is 0.491 e. The van der Waals surface area contributed by atoms with Gasteiger partial charge in [-0.25, -0.2) is 0 Å². The van der Waals surface area contributed by atoms with Crippen LogP contribution in [0, 0.1) is 6.92 Å². The number of ether oxygens (including phenoxy) is 1. The number of aliphatic imine (C=N–C) groups is 1. The Labute approximate surface area is 151 Å². The topological polar surface area (TPSA) is 57.2 Å². The highest BCUT2D eigenvalue weighted by atomic mass is 19.4. The van der Waals surface area contributed by atoms with Crippen LogP contribution in [0.1, 0.15) is 5.56 Å². The van der Waals surface area contributed by atoms with Gasteiger partial charge in [0.1, 0.15) is 18.9 Å². The molecule has 6 nitrogen and oxygen atoms in total. The Hall–Kier alpha value is -2.45. The lowest BCUT2D eigenvalue weighted by molar-refractivity contribution is -0.157. The number of amides is 1. The first-order valence-electron chi connectivity index (χ1n) is 8.05. The van der Waals surface area contributed by atoms with E-state index < -0.39 is 18.6 Å². The van der Waals surface area contributed by atoms with Gasteiger partial charge in [-0.1, -0.05) is 18.2 Å². The summed E-state index contributed by atoms with van der Waals surface area (Å²) in [4.78, 5) is 18.1. The fraction of sp³-hybridized carbons (Fsp3) is 0.529. The van der Waals surface area contributed by atoms with Crippen LogP contribution in [0.25, 0.3) is 0 Å². The monoisotopic (exact) mass is 374 g/mol. The quantitative estimate of drug-likeness (QED) is 0.585. The van der Waals surface area contributed by atoms with E-state index in [9.17, 15) is 18.0 Å². The van der Waals surface area contributed by atoms with E-state index in [0.717, 1.165) is 18.4 Å². The number of benzene rings is 1. The average molecular weight is 374 g/mol. The summed E-state index contributed by atoms with van der Waals surface area (Å²) in [6.45, 7) is 1.27. The molecule has 0 aliphatic heterocycles. The number of rotatable bonds is 7. The van der Waals surface area contributed by atoms with Crippen molar-refractivity contribution in [2.45, 2.75) is 13.1 Å². The summed E-state index contributed by atoms with van der Waals surface area (Å²) in [7, 11) is 4.39. The van der Waals surface area contributed by atoms with Gasteiger partial charge in [0, 0.05) is 21.1 Å². The summed E-state index contributed by atoms with van der Waals surface area (Å²) in [5.74, 6) is 0.507. The van der Waals surface area contributed by atoms with Gasteiger partial charge in [-0.15, -0.1) is 0 Å². The van der Waals surface area contributed by atoms with E-state index in [1.54, 1.807) is 11.9 Å². The highest BCUT2D eigenvalue weighted by Gasteiger charge is 2.31. The molecule has 0 fully saturated rings. The number of halogens is 3. The number of likely N-dealkylation sites (N-methyl/N-ethyl adjacent to an activating group) is 2. The lowest BCUT2D eigenvalue weighted by Gasteiger charge is -2.24. The third-order valence-corrected chi connectivity index (χ3v) is 3.59. The van der Waals surface area contributed by atoms with Crippen LogP contribution in [0.5, 0.6) is 5.75 Å². The van der Waals surface area contributed by atoms with Gasteiger partial charge >= 0.3 is 6.18 Å². The van der Waals surface area contributed by atoms with E-state index in [2.05, 4.69) is 10.3 Å². The first-order valence-corrected chi connectivity index (χ1v) is 8.05. The Morgan fingerprint density at radius 3 is 2.46 bits per heavy atom. The molecule has 0 unspecified atom stereocenters. The number of carbonyl (C=O) groups excluding carboxylic acids is 1. The first kappa shape index (κ1) is 21.6. The van der Waals surface area contributed by atoms with Gasteiger partial charge in [0.25, 0.3) is 0 Å². The molecular weight excluding hydrogens is 349 g/mol. The number of nitrogens with one attached hydrogen (secondary N) is 1. The molecule has 1 aromatic carbocycles. The predicted molar refractivity (Wildman–Crippen MR) is 94.4 cm³/mol. The van der Waals surface area contributed by atoms with Crippen LogP contribution >= 0.6 is 0 Å². The summed E-state index contributed by atoms with van der Waals surface area (Å²) in [5.41, 5.74) is 1.02. The first-order chi connectivity index (χ1) is 12.1. The Morgan fingerprint density at radius 1 is 1.23 bits per heavy atom. The number of nitrogens with zero attached hydrogens (tertiary/aromatic N) is 3. The highest BCUT2D eigenvalue weighted by molar-refractivity contribution is 5.86. The Morgan fingerprint density at radius 2 is 1.88 bits per heavy atom. The number of aryl methyl sites for hydroxylation is 1. The molecule has 0 aromatic heterocycles. The van der Waals surface area contributed by atoms with E-state index in [1.807, 2.05) is 31.2 Å². The zero-order chi connectivity index (χ0) is 19.7. The minimum Gasteiger partial charge on any atom is -0.491 e. The Bertz CT molecular complexity index is 620. The summed E-state index contributed by atoms with van der Waals surface area (Å²) in [5, 5.41) is 2.76. The van der Waals surface area contributed by atoms with Crippen LogP contribution in [0.4, 0.5) is 13.2 Å². The van der Waals surface area contributed by atoms with Gasteiger partial charge < -0.3 is 19.9 Å². The van der Waals surface area contributed by atoms with Crippen LogP contribution in [-0.2, 0) is 4.79 Å². The van der Waals surface area contributed by atoms with Crippen molar-refractivity contribution in [1.82, 2.24) is 15.1 Å². The van der Waals surface area contributed by atoms with E-state index in [-0.39, 0.29) is 6.54 Å². The highest BCUT2D eigenvalue weighted by Crippen LogP contribution is 2.16. The molecule has 0 heterocycles. The number of para-hydroxylation sites is 1. The molecule has 1 aromatic rings. The third-order valence-electron chi connectivity index (χ3n) is 3.59. The number of guanidine groups is 1. The van der Waals surface area contributed by atoms with E-state index in [4.69, 9.17) is 4.74 Å². The second-order valence-electron chi connectivity index (χ2n) is 5.80. The van der Waals surface area contributed by atoms with Crippen molar-refractivity contribution in [2.24, 2.45) is 4.99 Å². The molecule has 26 heavy (non-hydrogen) atoms. The normalized spacial score (nSPS) is 11.9. The molecule has 0 spiro atoms. The van der Waals surface area contributed by atoms with Gasteiger partial charge in [-0.05, 0) is 18.6 Å². The molecule has 0 aliphatic carbocycles. The maximum Gasteiger partial charge on any atom is 0.406 e. The van der Waals surface area contributed by atoms with Crippen LogP contribution in [0.3, 0.4) is 0 Å². The number of hydrogen-bond acceptors (Lipinski definition) is 3. The fourth-order valence-electron chi connectivity index (χ4n) is 2.15. The number of alkyl halides is 3.